The van der Waals surface area contributed by atoms with Crippen molar-refractivity contribution in [3.8, 4) is 0 Å². The number of para-hydroxylation sites is 1. The molecule has 3 amide bonds. The average Bonchev–Trinajstić information content (AvgIpc) is 3.28. The van der Waals surface area contributed by atoms with Gasteiger partial charge >= 0.3 is 0 Å². The average molecular weight is 523 g/mol. The molecule has 2 aromatic carbocycles. The third-order valence-corrected chi connectivity index (χ3v) is 6.39. The van der Waals surface area contributed by atoms with Crippen LogP contribution < -0.4 is 21.7 Å². The van der Waals surface area contributed by atoms with Crippen LogP contribution in [0, 0.1) is 5.82 Å². The van der Waals surface area contributed by atoms with Crippen LogP contribution in [-0.4, -0.2) is 47.3 Å². The van der Waals surface area contributed by atoms with Gasteiger partial charge in [-0.05, 0) is 47.4 Å². The largest absolute Gasteiger partial charge is 0.395 e. The second-order valence-electron chi connectivity index (χ2n) is 7.91. The Morgan fingerprint density at radius 3 is 2.65 bits per heavy atom. The summed E-state index contributed by atoms with van der Waals surface area (Å²) in [6.07, 6.45) is 1.63. The maximum atomic E-state index is 15.2. The van der Waals surface area contributed by atoms with Crippen LogP contribution in [-0.2, 0) is 9.53 Å². The number of nitrogen functional groups attached to an aromatic ring is 1. The Bertz CT molecular complexity index is 1480. The Morgan fingerprint density at radius 2 is 1.95 bits per heavy atom. The molecule has 0 aliphatic heterocycles. The maximum Gasteiger partial charge on any atom is 0.273 e. The molecule has 0 saturated carbocycles. The number of hydrogen-bond acceptors (Lipinski definition) is 8. The highest BCUT2D eigenvalue weighted by Gasteiger charge is 2.37. The molecule has 1 unspecified atom stereocenters. The fraction of sp³-hybridized carbons (Fsp3) is 0.160. The summed E-state index contributed by atoms with van der Waals surface area (Å²) in [6, 6.07) is 12.8. The van der Waals surface area contributed by atoms with Gasteiger partial charge in [-0.2, -0.15) is 4.37 Å². The summed E-state index contributed by atoms with van der Waals surface area (Å²) in [5, 5.41) is 3.44. The third kappa shape index (κ3) is 5.25. The lowest BCUT2D eigenvalue weighted by Crippen LogP contribution is -2.45. The second kappa shape index (κ2) is 11.1. The monoisotopic (exact) mass is 522 g/mol. The predicted molar refractivity (Wildman–Crippen MR) is 138 cm³/mol. The molecule has 2 aromatic heterocycles. The van der Waals surface area contributed by atoms with Crippen LogP contribution in [0.25, 0.3) is 10.9 Å². The highest BCUT2D eigenvalue weighted by atomic mass is 32.1. The fourth-order valence-electron chi connectivity index (χ4n) is 3.81. The number of anilines is 2. The number of nitrogens with two attached hydrogens (primary N) is 2. The van der Waals surface area contributed by atoms with Gasteiger partial charge in [0.25, 0.3) is 11.8 Å². The number of nitrogens with zero attached hydrogens (tertiary/aromatic N) is 3. The van der Waals surface area contributed by atoms with Crippen molar-refractivity contribution in [2.75, 3.05) is 30.9 Å². The van der Waals surface area contributed by atoms with E-state index in [1.807, 2.05) is 0 Å². The van der Waals surface area contributed by atoms with Gasteiger partial charge < -0.3 is 21.5 Å². The Hall–Kier alpha value is -4.42. The summed E-state index contributed by atoms with van der Waals surface area (Å²) in [5.74, 6) is -3.08. The minimum atomic E-state index is -1.33. The van der Waals surface area contributed by atoms with Crippen molar-refractivity contribution >= 4 is 51.5 Å². The quantitative estimate of drug-likeness (QED) is 0.286. The van der Waals surface area contributed by atoms with E-state index < -0.39 is 29.6 Å². The highest BCUT2D eigenvalue weighted by Crippen LogP contribution is 2.35. The van der Waals surface area contributed by atoms with Gasteiger partial charge in [0.2, 0.25) is 5.91 Å². The lowest BCUT2D eigenvalue weighted by molar-refractivity contribution is -0.122. The summed E-state index contributed by atoms with van der Waals surface area (Å²) in [5.41, 5.74) is 11.7. The molecule has 0 aliphatic rings. The second-order valence-corrected chi connectivity index (χ2v) is 8.68. The molecule has 4 aromatic rings. The molecular weight excluding hydrogens is 499 g/mol. The molecule has 0 fully saturated rings. The van der Waals surface area contributed by atoms with E-state index in [1.165, 1.54) is 31.4 Å². The van der Waals surface area contributed by atoms with Gasteiger partial charge in [-0.1, -0.05) is 24.3 Å². The molecule has 190 valence electrons. The summed E-state index contributed by atoms with van der Waals surface area (Å²) in [6.45, 7) is 0.367. The Balaban J connectivity index is 1.91. The van der Waals surface area contributed by atoms with Gasteiger partial charge in [-0.3, -0.25) is 24.3 Å². The number of carbonyl (C=O) groups is 3. The van der Waals surface area contributed by atoms with Crippen molar-refractivity contribution in [1.82, 2.24) is 14.7 Å². The minimum absolute atomic E-state index is 0.148. The van der Waals surface area contributed by atoms with E-state index in [4.69, 9.17) is 16.2 Å². The van der Waals surface area contributed by atoms with E-state index >= 15 is 4.39 Å². The van der Waals surface area contributed by atoms with Gasteiger partial charge in [0.1, 0.15) is 16.7 Å². The molecule has 1 atom stereocenters. The Kier molecular flexibility index (Phi) is 7.70. The number of aromatic nitrogens is 2. The van der Waals surface area contributed by atoms with Crippen LogP contribution in [0.5, 0.6) is 0 Å². The number of methoxy groups -OCH3 is 1. The number of primary amides is 1. The molecule has 0 radical (unpaired) electrons. The number of amides is 3. The predicted octanol–water partition coefficient (Wildman–Crippen LogP) is 2.66. The molecule has 2 heterocycles. The number of fused-ring (bicyclic) bond motifs is 1. The first-order chi connectivity index (χ1) is 17.8. The number of halogens is 1. The van der Waals surface area contributed by atoms with Crippen LogP contribution in [0.15, 0.2) is 60.8 Å². The van der Waals surface area contributed by atoms with Gasteiger partial charge in [0.15, 0.2) is 5.69 Å². The van der Waals surface area contributed by atoms with Crippen molar-refractivity contribution < 1.29 is 23.5 Å². The van der Waals surface area contributed by atoms with Gasteiger partial charge in [-0.25, -0.2) is 4.39 Å². The zero-order chi connectivity index (χ0) is 26.5. The third-order valence-electron chi connectivity index (χ3n) is 5.54. The molecule has 0 bridgehead atoms. The van der Waals surface area contributed by atoms with Crippen LogP contribution in [0.3, 0.4) is 0 Å². The van der Waals surface area contributed by atoms with Crippen LogP contribution >= 0.6 is 11.5 Å². The first-order valence-corrected chi connectivity index (χ1v) is 11.8. The topological polar surface area (TPSA) is 154 Å². The summed E-state index contributed by atoms with van der Waals surface area (Å²) in [4.78, 5) is 44.4. The molecule has 4 rings (SSSR count). The lowest BCUT2D eigenvalue weighted by Gasteiger charge is -2.31. The van der Waals surface area contributed by atoms with Crippen molar-refractivity contribution in [3.05, 3.63) is 82.7 Å². The molecule has 0 spiro atoms. The van der Waals surface area contributed by atoms with Crippen molar-refractivity contribution in [1.29, 1.82) is 0 Å². The SMILES string of the molecule is COCCNC(=O)C(c1ccc2ncccc2c1)N(C(=O)c1snc(C(N)=O)c1N)c1ccccc1F. The molecule has 10 nitrogen and oxygen atoms in total. The van der Waals surface area contributed by atoms with Crippen LogP contribution in [0.4, 0.5) is 15.8 Å². The summed E-state index contributed by atoms with van der Waals surface area (Å²) < 4.78 is 24.1. The summed E-state index contributed by atoms with van der Waals surface area (Å²) in [7, 11) is 1.48. The molecule has 0 aliphatic carbocycles. The Labute approximate surface area is 215 Å². The van der Waals surface area contributed by atoms with Crippen molar-refractivity contribution in [3.63, 3.8) is 0 Å². The number of carbonyl (C=O) groups excluding carboxylic acids is 3. The molecule has 37 heavy (non-hydrogen) atoms. The van der Waals surface area contributed by atoms with E-state index in [9.17, 15) is 14.4 Å². The zero-order valence-corrected chi connectivity index (χ0v) is 20.5. The number of pyridine rings is 1. The molecule has 0 saturated heterocycles. The normalized spacial score (nSPS) is 11.7. The van der Waals surface area contributed by atoms with Gasteiger partial charge in [0.05, 0.1) is 23.5 Å². The zero-order valence-electron chi connectivity index (χ0n) is 19.7. The number of hydrogen-bond donors (Lipinski definition) is 3. The number of ether oxygens (including phenoxy) is 1. The van der Waals surface area contributed by atoms with E-state index in [0.29, 0.717) is 28.0 Å². The first-order valence-electron chi connectivity index (χ1n) is 11.1. The van der Waals surface area contributed by atoms with Crippen molar-refractivity contribution in [2.45, 2.75) is 6.04 Å². The standard InChI is InChI=1S/C25H23FN6O4S/c1-36-12-11-30-24(34)21(15-8-9-17-14(13-15)5-4-10-29-17)32(18-7-3-2-6-16(18)26)25(35)22-19(27)20(23(28)33)31-37-22/h2-10,13,21H,11-12,27H2,1H3,(H2,28,33)(H,30,34). The number of benzene rings is 2. The van der Waals surface area contributed by atoms with Crippen LogP contribution in [0.1, 0.15) is 31.8 Å². The Morgan fingerprint density at radius 1 is 1.16 bits per heavy atom. The lowest BCUT2D eigenvalue weighted by atomic mass is 10.00. The molecule has 5 N–H and O–H groups in total. The van der Waals surface area contributed by atoms with Crippen LogP contribution in [0.2, 0.25) is 0 Å². The van der Waals surface area contributed by atoms with E-state index in [2.05, 4.69) is 14.7 Å². The van der Waals surface area contributed by atoms with Gasteiger partial charge in [-0.15, -0.1) is 0 Å². The number of rotatable bonds is 9. The summed E-state index contributed by atoms with van der Waals surface area (Å²) >= 11 is 0.639. The fourth-order valence-corrected chi connectivity index (χ4v) is 4.55. The molecular formula is C25H23FN6O4S. The van der Waals surface area contributed by atoms with E-state index in [-0.39, 0.29) is 35.1 Å². The minimum Gasteiger partial charge on any atom is -0.395 e. The maximum absolute atomic E-state index is 15.2. The van der Waals surface area contributed by atoms with Crippen molar-refractivity contribution in [2.24, 2.45) is 5.73 Å². The van der Waals surface area contributed by atoms with E-state index in [0.717, 1.165) is 4.90 Å². The molecule has 12 heteroatoms. The highest BCUT2D eigenvalue weighted by molar-refractivity contribution is 7.09. The van der Waals surface area contributed by atoms with E-state index in [1.54, 1.807) is 36.5 Å². The van der Waals surface area contributed by atoms with Gasteiger partial charge in [0, 0.05) is 25.2 Å². The number of nitrogens with one attached hydrogen (secondary N) is 1. The first kappa shape index (κ1) is 25.7. The smallest absolute Gasteiger partial charge is 0.273 e.